The Morgan fingerprint density at radius 2 is 1.57 bits per heavy atom. The average molecular weight is 415 g/mol. The van der Waals surface area contributed by atoms with E-state index in [9.17, 15) is 0 Å². The van der Waals surface area contributed by atoms with Gasteiger partial charge in [-0.1, -0.05) is 31.2 Å². The third kappa shape index (κ3) is 6.96. The van der Waals surface area contributed by atoms with E-state index in [4.69, 9.17) is 0 Å². The molecule has 0 atom stereocenters. The number of piperazine rings is 1. The first kappa shape index (κ1) is 23.0. The Balaban J connectivity index is 1.39. The van der Waals surface area contributed by atoms with Crippen molar-refractivity contribution in [1.82, 2.24) is 25.3 Å². The molecule has 2 saturated heterocycles. The van der Waals surface area contributed by atoms with Crippen LogP contribution >= 0.6 is 0 Å². The van der Waals surface area contributed by atoms with Crippen LogP contribution in [0.2, 0.25) is 0 Å². The minimum Gasteiger partial charge on any atom is -0.354 e. The minimum absolute atomic E-state index is 0.516. The van der Waals surface area contributed by atoms with Crippen LogP contribution in [0.4, 0.5) is 0 Å². The quantitative estimate of drug-likeness (QED) is 0.530. The van der Waals surface area contributed by atoms with Crippen LogP contribution in [0.1, 0.15) is 44.7 Å². The molecule has 0 amide bonds. The summed E-state index contributed by atoms with van der Waals surface area (Å²) in [4.78, 5) is 12.1. The smallest absolute Gasteiger partial charge is 0.191 e. The Morgan fingerprint density at radius 3 is 2.13 bits per heavy atom. The lowest BCUT2D eigenvalue weighted by molar-refractivity contribution is 0.132. The van der Waals surface area contributed by atoms with E-state index in [1.807, 2.05) is 7.05 Å². The Bertz CT molecular complexity index is 640. The van der Waals surface area contributed by atoms with Gasteiger partial charge in [0.15, 0.2) is 5.96 Å². The Labute approximate surface area is 183 Å². The van der Waals surface area contributed by atoms with Crippen molar-refractivity contribution in [3.63, 3.8) is 0 Å². The van der Waals surface area contributed by atoms with Crippen LogP contribution in [0.15, 0.2) is 29.3 Å². The van der Waals surface area contributed by atoms with E-state index >= 15 is 0 Å². The molecule has 2 N–H and O–H groups in total. The Kier molecular flexibility index (Phi) is 8.97. The molecule has 0 aliphatic carbocycles. The molecule has 6 nitrogen and oxygen atoms in total. The molecule has 2 aliphatic rings. The molecule has 6 heteroatoms. The topological polar surface area (TPSA) is 46.1 Å². The van der Waals surface area contributed by atoms with E-state index in [1.165, 1.54) is 69.8 Å². The molecule has 0 radical (unpaired) electrons. The average Bonchev–Trinajstić information content (AvgIpc) is 2.78. The van der Waals surface area contributed by atoms with Crippen LogP contribution in [-0.2, 0) is 13.1 Å². The second kappa shape index (κ2) is 11.7. The molecule has 0 spiro atoms. The van der Waals surface area contributed by atoms with Crippen LogP contribution in [0.3, 0.4) is 0 Å². The third-order valence-corrected chi connectivity index (χ3v) is 6.63. The number of likely N-dealkylation sites (N-methyl/N-ethyl adjacent to an activating group) is 1. The molecule has 2 aliphatic heterocycles. The normalized spacial score (nSPS) is 20.6. The van der Waals surface area contributed by atoms with Crippen LogP contribution in [0, 0.1) is 0 Å². The summed E-state index contributed by atoms with van der Waals surface area (Å²) < 4.78 is 0. The maximum atomic E-state index is 4.43. The standard InChI is InChI=1S/C24H42N6/c1-5-28-14-16-29(17-15-28)19-22-8-6-21(7-9-22)18-26-24(25-4)27-23-10-12-30(13-11-23)20(2)3/h6-9,20,23H,5,10-19H2,1-4H3,(H2,25,26,27). The fourth-order valence-electron chi connectivity index (χ4n) is 4.42. The monoisotopic (exact) mass is 414 g/mol. The van der Waals surface area contributed by atoms with Gasteiger partial charge in [-0.3, -0.25) is 9.89 Å². The molecule has 0 bridgehead atoms. The van der Waals surface area contributed by atoms with Crippen molar-refractivity contribution in [2.24, 2.45) is 4.99 Å². The summed E-state index contributed by atoms with van der Waals surface area (Å²) >= 11 is 0. The van der Waals surface area contributed by atoms with Gasteiger partial charge >= 0.3 is 0 Å². The molecule has 1 aromatic carbocycles. The molecule has 1 aromatic rings. The summed E-state index contributed by atoms with van der Waals surface area (Å²) in [5.41, 5.74) is 2.70. The van der Waals surface area contributed by atoms with Crippen LogP contribution in [0.25, 0.3) is 0 Å². The van der Waals surface area contributed by atoms with E-state index < -0.39 is 0 Å². The van der Waals surface area contributed by atoms with Crippen molar-refractivity contribution in [3.8, 4) is 0 Å². The predicted octanol–water partition coefficient (Wildman–Crippen LogP) is 2.36. The largest absolute Gasteiger partial charge is 0.354 e. The summed E-state index contributed by atoms with van der Waals surface area (Å²) in [6, 6.07) is 10.2. The van der Waals surface area contributed by atoms with E-state index in [0.717, 1.165) is 19.0 Å². The molecule has 0 saturated carbocycles. The van der Waals surface area contributed by atoms with E-state index in [-0.39, 0.29) is 0 Å². The number of hydrogen-bond acceptors (Lipinski definition) is 4. The van der Waals surface area contributed by atoms with Gasteiger partial charge in [-0.05, 0) is 44.4 Å². The fraction of sp³-hybridized carbons (Fsp3) is 0.708. The third-order valence-electron chi connectivity index (χ3n) is 6.63. The number of rotatable bonds is 7. The van der Waals surface area contributed by atoms with Crippen molar-refractivity contribution < 1.29 is 0 Å². The molecule has 30 heavy (non-hydrogen) atoms. The molecule has 168 valence electrons. The number of nitrogens with one attached hydrogen (secondary N) is 2. The number of aliphatic imine (C=N–C) groups is 1. The van der Waals surface area contributed by atoms with Crippen LogP contribution < -0.4 is 10.6 Å². The van der Waals surface area contributed by atoms with Crippen molar-refractivity contribution in [3.05, 3.63) is 35.4 Å². The van der Waals surface area contributed by atoms with Crippen molar-refractivity contribution >= 4 is 5.96 Å². The van der Waals surface area contributed by atoms with E-state index in [2.05, 4.69) is 75.4 Å². The highest BCUT2D eigenvalue weighted by Crippen LogP contribution is 2.13. The zero-order chi connectivity index (χ0) is 21.3. The van der Waals surface area contributed by atoms with Crippen LogP contribution in [0.5, 0.6) is 0 Å². The summed E-state index contributed by atoms with van der Waals surface area (Å²) in [5.74, 6) is 0.913. The molecule has 3 rings (SSSR count). The van der Waals surface area contributed by atoms with E-state index in [0.29, 0.717) is 12.1 Å². The SMILES string of the molecule is CCN1CCN(Cc2ccc(CNC(=NC)NC3CCN(C(C)C)CC3)cc2)CC1. The number of hydrogen-bond donors (Lipinski definition) is 2. The Morgan fingerprint density at radius 1 is 0.967 bits per heavy atom. The summed E-state index contributed by atoms with van der Waals surface area (Å²) in [6.07, 6.45) is 2.36. The number of nitrogens with zero attached hydrogens (tertiary/aromatic N) is 4. The fourth-order valence-corrected chi connectivity index (χ4v) is 4.42. The van der Waals surface area contributed by atoms with Crippen LogP contribution in [-0.4, -0.2) is 85.6 Å². The summed E-state index contributed by atoms with van der Waals surface area (Å²) in [5, 5.41) is 7.10. The highest BCUT2D eigenvalue weighted by Gasteiger charge is 2.21. The molecule has 0 aromatic heterocycles. The molecular formula is C24H42N6. The first-order valence-electron chi connectivity index (χ1n) is 11.8. The van der Waals surface area contributed by atoms with Crippen molar-refractivity contribution in [1.29, 1.82) is 0 Å². The van der Waals surface area contributed by atoms with Gasteiger partial charge in [0.1, 0.15) is 0 Å². The molecule has 2 heterocycles. The lowest BCUT2D eigenvalue weighted by Crippen LogP contribution is -2.49. The summed E-state index contributed by atoms with van der Waals surface area (Å²) in [7, 11) is 1.86. The Hall–Kier alpha value is -1.63. The minimum atomic E-state index is 0.516. The number of guanidine groups is 1. The maximum absolute atomic E-state index is 4.43. The van der Waals surface area contributed by atoms with Gasteiger partial charge < -0.3 is 20.4 Å². The zero-order valence-electron chi connectivity index (χ0n) is 19.5. The van der Waals surface area contributed by atoms with Gasteiger partial charge in [-0.25, -0.2) is 0 Å². The van der Waals surface area contributed by atoms with Gasteiger partial charge in [0.05, 0.1) is 0 Å². The van der Waals surface area contributed by atoms with Gasteiger partial charge in [0.25, 0.3) is 0 Å². The summed E-state index contributed by atoms with van der Waals surface area (Å²) in [6.45, 7) is 16.9. The van der Waals surface area contributed by atoms with Crippen molar-refractivity contribution in [2.75, 3.05) is 52.9 Å². The zero-order valence-corrected chi connectivity index (χ0v) is 19.5. The van der Waals surface area contributed by atoms with Gasteiger partial charge in [-0.15, -0.1) is 0 Å². The highest BCUT2D eigenvalue weighted by molar-refractivity contribution is 5.79. The van der Waals surface area contributed by atoms with Crippen molar-refractivity contribution in [2.45, 2.75) is 58.8 Å². The molecule has 2 fully saturated rings. The first-order valence-corrected chi connectivity index (χ1v) is 11.8. The lowest BCUT2D eigenvalue weighted by atomic mass is 10.0. The predicted molar refractivity (Wildman–Crippen MR) is 127 cm³/mol. The van der Waals surface area contributed by atoms with E-state index in [1.54, 1.807) is 0 Å². The van der Waals surface area contributed by atoms with Gasteiger partial charge in [0, 0.05) is 71.5 Å². The number of benzene rings is 1. The first-order chi connectivity index (χ1) is 14.6. The number of piperidine rings is 1. The second-order valence-electron chi connectivity index (χ2n) is 9.00. The highest BCUT2D eigenvalue weighted by atomic mass is 15.3. The van der Waals surface area contributed by atoms with Gasteiger partial charge in [0.2, 0.25) is 0 Å². The number of likely N-dealkylation sites (tertiary alicyclic amines) is 1. The molecular weight excluding hydrogens is 372 g/mol. The molecule has 0 unspecified atom stereocenters. The van der Waals surface area contributed by atoms with Gasteiger partial charge in [-0.2, -0.15) is 0 Å². The second-order valence-corrected chi connectivity index (χ2v) is 9.00. The maximum Gasteiger partial charge on any atom is 0.191 e. The lowest BCUT2D eigenvalue weighted by Gasteiger charge is -2.35.